The van der Waals surface area contributed by atoms with E-state index in [1.165, 1.54) is 25.3 Å². The second kappa shape index (κ2) is 6.68. The number of halogens is 2. The number of hydrogen-bond donors (Lipinski definition) is 1. The summed E-state index contributed by atoms with van der Waals surface area (Å²) in [5.41, 5.74) is 2.75. The molecule has 0 saturated heterocycles. The molecular formula is C19H14F2N3O4PS. The highest BCUT2D eigenvalue weighted by molar-refractivity contribution is 7.89. The molecule has 2 N–H and O–H groups in total. The molecule has 0 spiro atoms. The van der Waals surface area contributed by atoms with E-state index in [-0.39, 0.29) is 23.8 Å². The van der Waals surface area contributed by atoms with Crippen LogP contribution in [0.1, 0.15) is 11.1 Å². The maximum Gasteiger partial charge on any atom is 0.238 e. The van der Waals surface area contributed by atoms with Gasteiger partial charge in [-0.1, -0.05) is 0 Å². The standard InChI is InChI=1S/C19H14F2N3O4PS/c1-27-16-5-15-11(4-14(16)21)18-9(6-23-15)8-28-19-24(18)7-12-13(20)2-10(30(22,25)26)3-17(12)29-19/h2-6H,7-8H2,1H3,(H2,22,25,26). The summed E-state index contributed by atoms with van der Waals surface area (Å²) in [6, 6.07) is 5.12. The predicted molar refractivity (Wildman–Crippen MR) is 109 cm³/mol. The number of primary sulfonamides is 1. The van der Waals surface area contributed by atoms with Crippen LogP contribution >= 0.6 is 8.20 Å². The van der Waals surface area contributed by atoms with Gasteiger partial charge < -0.3 is 14.4 Å². The van der Waals surface area contributed by atoms with E-state index in [0.717, 1.165) is 11.6 Å². The van der Waals surface area contributed by atoms with Crippen molar-refractivity contribution in [1.82, 2.24) is 4.98 Å². The first-order valence-electron chi connectivity index (χ1n) is 8.75. The lowest BCUT2D eigenvalue weighted by Crippen LogP contribution is -2.40. The summed E-state index contributed by atoms with van der Waals surface area (Å²) in [4.78, 5) is 5.83. The Hall–Kier alpha value is -2.65. The van der Waals surface area contributed by atoms with Crippen LogP contribution in [-0.4, -0.2) is 26.1 Å². The molecule has 0 saturated carbocycles. The number of nitrogens with zero attached hydrogens (tertiary/aromatic N) is 2. The minimum Gasteiger partial charge on any atom is -0.494 e. The molecule has 154 valence electrons. The van der Waals surface area contributed by atoms with Crippen molar-refractivity contribution in [2.75, 3.05) is 12.0 Å². The molecule has 30 heavy (non-hydrogen) atoms. The molecule has 0 bridgehead atoms. The third-order valence-electron chi connectivity index (χ3n) is 5.05. The van der Waals surface area contributed by atoms with Crippen LogP contribution in [0.15, 0.2) is 35.4 Å². The molecule has 0 unspecified atom stereocenters. The van der Waals surface area contributed by atoms with Crippen molar-refractivity contribution < 1.29 is 26.7 Å². The molecule has 2 aromatic carbocycles. The molecule has 11 heteroatoms. The quantitative estimate of drug-likeness (QED) is 0.604. The van der Waals surface area contributed by atoms with Crippen molar-refractivity contribution in [1.29, 1.82) is 0 Å². The van der Waals surface area contributed by atoms with Crippen molar-refractivity contribution in [3.63, 3.8) is 0 Å². The van der Waals surface area contributed by atoms with Crippen LogP contribution in [-0.2, 0) is 27.9 Å². The van der Waals surface area contributed by atoms with E-state index < -0.39 is 21.7 Å². The number of anilines is 1. The van der Waals surface area contributed by atoms with Gasteiger partial charge in [-0.25, -0.2) is 22.3 Å². The van der Waals surface area contributed by atoms with Gasteiger partial charge in [-0.3, -0.25) is 4.98 Å². The number of ether oxygens (including phenoxy) is 2. The summed E-state index contributed by atoms with van der Waals surface area (Å²) in [6.45, 7) is 0.297. The van der Waals surface area contributed by atoms with E-state index in [4.69, 9.17) is 14.6 Å². The van der Waals surface area contributed by atoms with E-state index in [1.807, 2.05) is 0 Å². The molecule has 0 radical (unpaired) electrons. The average molecular weight is 449 g/mol. The highest BCUT2D eigenvalue weighted by atomic mass is 32.2. The third kappa shape index (κ3) is 2.95. The largest absolute Gasteiger partial charge is 0.494 e. The summed E-state index contributed by atoms with van der Waals surface area (Å²) < 4.78 is 63.4. The summed E-state index contributed by atoms with van der Waals surface area (Å²) in [6.07, 6.45) is 1.64. The summed E-state index contributed by atoms with van der Waals surface area (Å²) in [5, 5.41) is 6.16. The fraction of sp³-hybridized carbons (Fsp3) is 0.158. The Bertz CT molecular complexity index is 1380. The fourth-order valence-corrected chi connectivity index (χ4v) is 5.42. The van der Waals surface area contributed by atoms with E-state index >= 15 is 0 Å². The molecular weight excluding hydrogens is 435 g/mol. The zero-order valence-electron chi connectivity index (χ0n) is 15.5. The van der Waals surface area contributed by atoms with Gasteiger partial charge in [0, 0.05) is 34.1 Å². The van der Waals surface area contributed by atoms with Crippen LogP contribution in [0.2, 0.25) is 0 Å². The smallest absolute Gasteiger partial charge is 0.238 e. The highest BCUT2D eigenvalue weighted by Crippen LogP contribution is 2.40. The number of methoxy groups -OCH3 is 1. The molecule has 5 rings (SSSR count). The minimum atomic E-state index is -4.05. The minimum absolute atomic E-state index is 0.0786. The summed E-state index contributed by atoms with van der Waals surface area (Å²) >= 11 is 0. The number of pyridine rings is 1. The molecule has 3 aromatic rings. The van der Waals surface area contributed by atoms with Gasteiger partial charge in [0.2, 0.25) is 10.0 Å². The van der Waals surface area contributed by atoms with Crippen LogP contribution in [0.25, 0.3) is 10.9 Å². The zero-order valence-corrected chi connectivity index (χ0v) is 17.2. The van der Waals surface area contributed by atoms with Gasteiger partial charge in [0.25, 0.3) is 0 Å². The van der Waals surface area contributed by atoms with Gasteiger partial charge in [0.1, 0.15) is 5.82 Å². The molecule has 0 aliphatic carbocycles. The number of nitrogens with two attached hydrogens (primary N) is 1. The summed E-state index contributed by atoms with van der Waals surface area (Å²) in [5.74, 6) is -1.14. The second-order valence-electron chi connectivity index (χ2n) is 6.85. The number of hydrogen-bond acceptors (Lipinski definition) is 6. The Labute approximate surface area is 171 Å². The topological polar surface area (TPSA) is 94.7 Å². The SMILES string of the molecule is COc1cc2ncc3c(c2cc1F)N1Cc2c(F)cc(S(N)(=O)=O)cc2P=C1OC3. The number of rotatable bonds is 2. The monoisotopic (exact) mass is 449 g/mol. The average Bonchev–Trinajstić information content (AvgIpc) is 2.70. The third-order valence-corrected chi connectivity index (χ3v) is 7.15. The van der Waals surface area contributed by atoms with Gasteiger partial charge in [0.15, 0.2) is 17.2 Å². The predicted octanol–water partition coefficient (Wildman–Crippen LogP) is 2.38. The van der Waals surface area contributed by atoms with Crippen molar-refractivity contribution in [3.8, 4) is 5.75 Å². The Kier molecular flexibility index (Phi) is 4.30. The normalized spacial score (nSPS) is 15.9. The van der Waals surface area contributed by atoms with E-state index in [0.29, 0.717) is 41.3 Å². The van der Waals surface area contributed by atoms with Crippen LogP contribution in [0, 0.1) is 11.6 Å². The first-order valence-corrected chi connectivity index (χ1v) is 11.2. The second-order valence-corrected chi connectivity index (χ2v) is 9.50. The first-order chi connectivity index (χ1) is 14.3. The lowest BCUT2D eigenvalue weighted by atomic mass is 10.1. The Balaban J connectivity index is 1.70. The van der Waals surface area contributed by atoms with Gasteiger partial charge in [-0.05, 0) is 26.4 Å². The maximum atomic E-state index is 14.8. The van der Waals surface area contributed by atoms with E-state index in [1.54, 1.807) is 11.1 Å². The lowest BCUT2D eigenvalue weighted by Gasteiger charge is -2.36. The first kappa shape index (κ1) is 19.3. The van der Waals surface area contributed by atoms with Gasteiger partial charge in [-0.15, -0.1) is 0 Å². The molecule has 3 heterocycles. The van der Waals surface area contributed by atoms with Crippen LogP contribution < -0.4 is 20.1 Å². The van der Waals surface area contributed by atoms with Crippen molar-refractivity contribution in [2.45, 2.75) is 18.0 Å². The molecule has 0 amide bonds. The van der Waals surface area contributed by atoms with Gasteiger partial charge in [0.05, 0.1) is 36.4 Å². The Morgan fingerprint density at radius 1 is 1.23 bits per heavy atom. The number of sulfonamides is 1. The Morgan fingerprint density at radius 3 is 2.77 bits per heavy atom. The molecule has 0 atom stereocenters. The van der Waals surface area contributed by atoms with Crippen molar-refractivity contribution in [3.05, 3.63) is 53.2 Å². The number of aromatic nitrogens is 1. The van der Waals surface area contributed by atoms with Crippen LogP contribution in [0.4, 0.5) is 14.5 Å². The van der Waals surface area contributed by atoms with Crippen LogP contribution in [0.3, 0.4) is 0 Å². The molecule has 1 aromatic heterocycles. The van der Waals surface area contributed by atoms with Crippen molar-refractivity contribution in [2.24, 2.45) is 5.14 Å². The fourth-order valence-electron chi connectivity index (χ4n) is 3.64. The number of benzene rings is 2. The molecule has 7 nitrogen and oxygen atoms in total. The molecule has 2 aliphatic heterocycles. The van der Waals surface area contributed by atoms with Crippen LogP contribution in [0.5, 0.6) is 5.75 Å². The molecule has 0 fully saturated rings. The van der Waals surface area contributed by atoms with E-state index in [9.17, 15) is 17.2 Å². The van der Waals surface area contributed by atoms with E-state index in [2.05, 4.69) is 4.98 Å². The number of fused-ring (bicyclic) bond motifs is 6. The molecule has 2 aliphatic rings. The lowest BCUT2D eigenvalue weighted by molar-refractivity contribution is 0.283. The Morgan fingerprint density at radius 2 is 2.03 bits per heavy atom. The van der Waals surface area contributed by atoms with Crippen molar-refractivity contribution >= 4 is 45.7 Å². The summed E-state index contributed by atoms with van der Waals surface area (Å²) in [7, 11) is -2.19. The zero-order chi connectivity index (χ0) is 21.2. The van der Waals surface area contributed by atoms with Gasteiger partial charge >= 0.3 is 0 Å². The highest BCUT2D eigenvalue weighted by Gasteiger charge is 2.31. The van der Waals surface area contributed by atoms with Gasteiger partial charge in [-0.2, -0.15) is 0 Å². The maximum absolute atomic E-state index is 14.8.